The van der Waals surface area contributed by atoms with Crippen molar-refractivity contribution >= 4 is 28.7 Å². The van der Waals surface area contributed by atoms with Crippen LogP contribution in [-0.2, 0) is 4.79 Å². The van der Waals surface area contributed by atoms with E-state index in [-0.39, 0.29) is 36.3 Å². The minimum atomic E-state index is -0.302. The van der Waals surface area contributed by atoms with Crippen molar-refractivity contribution in [2.75, 3.05) is 48.6 Å². The molecule has 0 radical (unpaired) electrons. The van der Waals surface area contributed by atoms with E-state index in [0.717, 1.165) is 34.3 Å². The van der Waals surface area contributed by atoms with Crippen molar-refractivity contribution < 1.29 is 43.8 Å². The molecule has 0 aliphatic heterocycles. The van der Waals surface area contributed by atoms with Crippen LogP contribution in [0.3, 0.4) is 0 Å². The van der Waals surface area contributed by atoms with E-state index >= 15 is 0 Å². The van der Waals surface area contributed by atoms with Crippen molar-refractivity contribution in [2.24, 2.45) is 0 Å². The van der Waals surface area contributed by atoms with Crippen LogP contribution in [0.5, 0.6) is 46.0 Å². The molecule has 280 valence electrons. The van der Waals surface area contributed by atoms with E-state index in [1.54, 1.807) is 66.6 Å². The molecule has 10 heteroatoms. The molecule has 0 bridgehead atoms. The molecule has 0 unspecified atom stereocenters. The molecule has 0 atom stereocenters. The summed E-state index contributed by atoms with van der Waals surface area (Å²) in [6.07, 6.45) is 2.41. The molecule has 3 N–H and O–H groups in total. The van der Waals surface area contributed by atoms with Crippen LogP contribution in [0.4, 0.5) is 0 Å². The maximum atomic E-state index is 14.1. The van der Waals surface area contributed by atoms with E-state index in [9.17, 15) is 20.1 Å². The predicted molar refractivity (Wildman–Crippen MR) is 211 cm³/mol. The van der Waals surface area contributed by atoms with Gasteiger partial charge in [-0.25, -0.2) is 0 Å². The zero-order valence-electron chi connectivity index (χ0n) is 31.3. The number of rotatable bonds is 15. The average Bonchev–Trinajstić information content (AvgIpc) is 3.19. The second-order valence-corrected chi connectivity index (χ2v) is 12.3. The van der Waals surface area contributed by atoms with Crippen molar-refractivity contribution in [3.8, 4) is 46.0 Å². The number of phenolic OH excluding ortho intramolecular Hbond substituents is 3. The number of ether oxygens (including phenoxy) is 5. The number of carbonyl (C=O) groups excluding carboxylic acids is 1. The summed E-state index contributed by atoms with van der Waals surface area (Å²) in [6, 6.07) is 30.3. The number of nitrogens with zero attached hydrogens (tertiary/aromatic N) is 1. The highest BCUT2D eigenvalue weighted by atomic mass is 16.5. The van der Waals surface area contributed by atoms with Crippen LogP contribution >= 0.6 is 0 Å². The molecular formula is C44H45NO9. The highest BCUT2D eigenvalue weighted by Crippen LogP contribution is 2.41. The van der Waals surface area contributed by atoms with Crippen LogP contribution < -0.4 is 23.7 Å². The third-order valence-electron chi connectivity index (χ3n) is 8.93. The molecule has 0 saturated carbocycles. The lowest BCUT2D eigenvalue weighted by Gasteiger charge is -2.21. The highest BCUT2D eigenvalue weighted by molar-refractivity contribution is 6.24. The van der Waals surface area contributed by atoms with Crippen molar-refractivity contribution in [3.63, 3.8) is 0 Å². The fourth-order valence-corrected chi connectivity index (χ4v) is 6.13. The van der Waals surface area contributed by atoms with E-state index in [1.807, 2.05) is 48.5 Å². The summed E-state index contributed by atoms with van der Waals surface area (Å²) in [4.78, 5) is 15.7. The number of likely N-dealkylation sites (N-methyl/N-ethyl adjacent to an activating group) is 1. The minimum absolute atomic E-state index is 0.0623. The van der Waals surface area contributed by atoms with E-state index in [1.165, 1.54) is 34.5 Å². The molecular weight excluding hydrogens is 686 g/mol. The van der Waals surface area contributed by atoms with Gasteiger partial charge in [0, 0.05) is 12.6 Å². The summed E-state index contributed by atoms with van der Waals surface area (Å²) in [5, 5.41) is 30.3. The molecule has 1 amide bonds. The van der Waals surface area contributed by atoms with Gasteiger partial charge in [-0.2, -0.15) is 0 Å². The van der Waals surface area contributed by atoms with Crippen LogP contribution in [0.1, 0.15) is 41.2 Å². The fourth-order valence-electron chi connectivity index (χ4n) is 6.13. The number of amides is 1. The molecule has 0 aliphatic carbocycles. The third kappa shape index (κ3) is 8.90. The maximum Gasteiger partial charge on any atom is 0.254 e. The maximum absolute atomic E-state index is 14.1. The Morgan fingerprint density at radius 3 is 1.69 bits per heavy atom. The first-order valence-corrected chi connectivity index (χ1v) is 17.3. The van der Waals surface area contributed by atoms with E-state index < -0.39 is 0 Å². The zero-order chi connectivity index (χ0) is 38.8. The van der Waals surface area contributed by atoms with Gasteiger partial charge in [-0.1, -0.05) is 49.4 Å². The number of benzene rings is 5. The van der Waals surface area contributed by atoms with Gasteiger partial charge in [0.25, 0.3) is 5.91 Å². The first-order chi connectivity index (χ1) is 26.1. The normalized spacial score (nSPS) is 11.7. The molecule has 0 heterocycles. The molecule has 10 nitrogen and oxygen atoms in total. The first-order valence-electron chi connectivity index (χ1n) is 17.3. The van der Waals surface area contributed by atoms with E-state index in [0.29, 0.717) is 45.4 Å². The number of carbonyl (C=O) groups is 1. The van der Waals surface area contributed by atoms with Crippen LogP contribution in [0.15, 0.2) is 103 Å². The molecule has 5 aromatic rings. The van der Waals surface area contributed by atoms with Gasteiger partial charge in [0.1, 0.15) is 23.9 Å². The smallest absolute Gasteiger partial charge is 0.254 e. The van der Waals surface area contributed by atoms with Gasteiger partial charge in [0.2, 0.25) is 5.75 Å². The fraction of sp³-hybridized carbons (Fsp3) is 0.205. The summed E-state index contributed by atoms with van der Waals surface area (Å²) in [6.45, 7) is 2.55. The molecule has 0 aromatic heterocycles. The summed E-state index contributed by atoms with van der Waals surface area (Å²) < 4.78 is 27.9. The Hall–Kier alpha value is -6.55. The summed E-state index contributed by atoms with van der Waals surface area (Å²) >= 11 is 0. The Morgan fingerprint density at radius 1 is 0.648 bits per heavy atom. The van der Waals surface area contributed by atoms with Crippen molar-refractivity contribution in [1.82, 2.24) is 4.90 Å². The number of aromatic hydroxyl groups is 3. The Morgan fingerprint density at radius 2 is 1.19 bits per heavy atom. The molecule has 0 saturated heterocycles. The van der Waals surface area contributed by atoms with Gasteiger partial charge in [-0.15, -0.1) is 0 Å². The second kappa shape index (κ2) is 17.8. The van der Waals surface area contributed by atoms with Gasteiger partial charge in [-0.3, -0.25) is 4.79 Å². The lowest BCUT2D eigenvalue weighted by Crippen LogP contribution is -2.31. The monoisotopic (exact) mass is 731 g/mol. The molecule has 0 spiro atoms. The topological polar surface area (TPSA) is 127 Å². The molecule has 5 rings (SSSR count). The number of hydrogen-bond acceptors (Lipinski definition) is 9. The minimum Gasteiger partial charge on any atom is -0.508 e. The van der Waals surface area contributed by atoms with Gasteiger partial charge in [0.15, 0.2) is 23.0 Å². The lowest BCUT2D eigenvalue weighted by atomic mass is 9.88. The quantitative estimate of drug-likeness (QED) is 0.0720. The highest BCUT2D eigenvalue weighted by Gasteiger charge is 2.22. The predicted octanol–water partition coefficient (Wildman–Crippen LogP) is 8.28. The Kier molecular flexibility index (Phi) is 12.7. The number of methoxy groups -OCH3 is 4. The van der Waals surface area contributed by atoms with Gasteiger partial charge >= 0.3 is 0 Å². The molecule has 0 aliphatic rings. The van der Waals surface area contributed by atoms with Crippen molar-refractivity contribution in [2.45, 2.75) is 13.3 Å². The van der Waals surface area contributed by atoms with Crippen LogP contribution in [0, 0.1) is 0 Å². The molecule has 54 heavy (non-hydrogen) atoms. The third-order valence-corrected chi connectivity index (χ3v) is 8.93. The van der Waals surface area contributed by atoms with Gasteiger partial charge in [-0.05, 0) is 112 Å². The van der Waals surface area contributed by atoms with Crippen LogP contribution in [-0.4, -0.2) is 74.8 Å². The van der Waals surface area contributed by atoms with Crippen LogP contribution in [0.25, 0.3) is 22.8 Å². The SMILES string of the molecule is CCC(=C(c1ccc(O)cc1)c1ccc(OCCN(C)C(=O)/C(=C/c2ccc(OC)c(O)c2)c2cc(OC)c(OC)c(OC)c2)cc1)c1ccc(O)cc1. The van der Waals surface area contributed by atoms with Crippen molar-refractivity contribution in [3.05, 3.63) is 131 Å². The Bertz CT molecular complexity index is 2090. The number of allylic oxidation sites excluding steroid dienone is 1. The van der Waals surface area contributed by atoms with Crippen LogP contribution in [0.2, 0.25) is 0 Å². The average molecular weight is 732 g/mol. The van der Waals surface area contributed by atoms with Crippen molar-refractivity contribution in [1.29, 1.82) is 0 Å². The molecule has 5 aromatic carbocycles. The van der Waals surface area contributed by atoms with E-state index in [2.05, 4.69) is 6.92 Å². The standard InChI is InChI=1S/C44H45NO9/c1-7-36(29-9-15-33(46)16-10-29)42(30-11-17-34(47)18-12-30)31-13-19-35(20-14-31)54-23-22-45(2)44(49)37(24-28-8-21-39(50-3)38(48)25-28)32-26-40(51-4)43(53-6)41(27-32)52-5/h8-21,24-27,46-48H,7,22-23H2,1-6H3/b37-24+,42-36?. The van der Waals surface area contributed by atoms with E-state index in [4.69, 9.17) is 23.7 Å². The molecule has 0 fully saturated rings. The zero-order valence-corrected chi connectivity index (χ0v) is 31.3. The second-order valence-electron chi connectivity index (χ2n) is 12.3. The summed E-state index contributed by atoms with van der Waals surface area (Å²) in [5.74, 6) is 2.11. The number of hydrogen-bond donors (Lipinski definition) is 3. The van der Waals surface area contributed by atoms with Gasteiger partial charge < -0.3 is 43.9 Å². The summed E-state index contributed by atoms with van der Waals surface area (Å²) in [5.41, 5.74) is 6.36. The Labute approximate surface area is 315 Å². The number of phenols is 3. The van der Waals surface area contributed by atoms with Gasteiger partial charge in [0.05, 0.1) is 35.0 Å². The first kappa shape index (κ1) is 38.7. The lowest BCUT2D eigenvalue weighted by molar-refractivity contribution is -0.124. The Balaban J connectivity index is 1.39. The largest absolute Gasteiger partial charge is 0.508 e. The summed E-state index contributed by atoms with van der Waals surface area (Å²) in [7, 11) is 7.68.